The number of hydrogen-bond acceptors (Lipinski definition) is 1. The fourth-order valence-electron chi connectivity index (χ4n) is 1.89. The average molecular weight is 197 g/mol. The Balaban J connectivity index is 2.05. The standard InChI is InChI=1S/C11H13F2N/c12-10-2-1-8(6-11(10)13)5-9-3-4-14-7-9/h1-2,6,9,14H,3-5,7H2/t9-/m0/s1. The molecule has 1 aromatic carbocycles. The van der Waals surface area contributed by atoms with Crippen molar-refractivity contribution in [3.05, 3.63) is 35.4 Å². The molecule has 1 aromatic rings. The number of rotatable bonds is 2. The van der Waals surface area contributed by atoms with E-state index in [1.165, 1.54) is 12.1 Å². The van der Waals surface area contributed by atoms with Gasteiger partial charge in [0.25, 0.3) is 0 Å². The third-order valence-electron chi connectivity index (χ3n) is 2.67. The molecule has 0 unspecified atom stereocenters. The summed E-state index contributed by atoms with van der Waals surface area (Å²) >= 11 is 0. The van der Waals surface area contributed by atoms with Gasteiger partial charge in [0.15, 0.2) is 11.6 Å². The molecule has 0 aromatic heterocycles. The van der Waals surface area contributed by atoms with Crippen LogP contribution >= 0.6 is 0 Å². The van der Waals surface area contributed by atoms with E-state index in [1.54, 1.807) is 6.07 Å². The lowest BCUT2D eigenvalue weighted by Gasteiger charge is -2.07. The molecule has 0 aliphatic carbocycles. The number of halogens is 2. The average Bonchev–Trinajstić information content (AvgIpc) is 2.64. The summed E-state index contributed by atoms with van der Waals surface area (Å²) in [5.41, 5.74) is 0.887. The van der Waals surface area contributed by atoms with Crippen LogP contribution in [-0.4, -0.2) is 13.1 Å². The molecule has 0 saturated carbocycles. The smallest absolute Gasteiger partial charge is 0.159 e. The Morgan fingerprint density at radius 3 is 2.79 bits per heavy atom. The van der Waals surface area contributed by atoms with Gasteiger partial charge in [0, 0.05) is 0 Å². The van der Waals surface area contributed by atoms with Crippen molar-refractivity contribution in [3.63, 3.8) is 0 Å². The summed E-state index contributed by atoms with van der Waals surface area (Å²) in [4.78, 5) is 0. The first-order valence-electron chi connectivity index (χ1n) is 4.90. The van der Waals surface area contributed by atoms with E-state index < -0.39 is 11.6 Å². The molecule has 1 atom stereocenters. The van der Waals surface area contributed by atoms with Gasteiger partial charge in [-0.15, -0.1) is 0 Å². The van der Waals surface area contributed by atoms with Gasteiger partial charge in [-0.25, -0.2) is 8.78 Å². The topological polar surface area (TPSA) is 12.0 Å². The molecule has 1 N–H and O–H groups in total. The number of hydrogen-bond donors (Lipinski definition) is 1. The number of nitrogens with one attached hydrogen (secondary N) is 1. The summed E-state index contributed by atoms with van der Waals surface area (Å²) in [5.74, 6) is -0.938. The highest BCUT2D eigenvalue weighted by molar-refractivity contribution is 5.18. The third-order valence-corrected chi connectivity index (χ3v) is 2.67. The Labute approximate surface area is 82.1 Å². The van der Waals surface area contributed by atoms with E-state index in [-0.39, 0.29) is 0 Å². The molecule has 0 bridgehead atoms. The Kier molecular flexibility index (Phi) is 2.77. The van der Waals surface area contributed by atoms with Crippen LogP contribution in [0.2, 0.25) is 0 Å². The predicted octanol–water partition coefficient (Wildman–Crippen LogP) is 2.12. The van der Waals surface area contributed by atoms with Crippen molar-refractivity contribution in [1.82, 2.24) is 5.32 Å². The molecule has 1 nitrogen and oxygen atoms in total. The molecular formula is C11H13F2N. The van der Waals surface area contributed by atoms with Gasteiger partial charge in [0.1, 0.15) is 0 Å². The lowest BCUT2D eigenvalue weighted by atomic mass is 9.99. The SMILES string of the molecule is Fc1ccc(C[C@@H]2CCNC2)cc1F. The molecule has 3 heteroatoms. The van der Waals surface area contributed by atoms with Crippen LogP contribution in [0.1, 0.15) is 12.0 Å². The largest absolute Gasteiger partial charge is 0.316 e. The summed E-state index contributed by atoms with van der Waals surface area (Å²) in [7, 11) is 0. The van der Waals surface area contributed by atoms with Crippen LogP contribution in [0.4, 0.5) is 8.78 Å². The first-order valence-corrected chi connectivity index (χ1v) is 4.90. The second-order valence-electron chi connectivity index (χ2n) is 3.81. The van der Waals surface area contributed by atoms with Gasteiger partial charge in [0.05, 0.1) is 0 Å². The maximum atomic E-state index is 12.9. The molecule has 2 rings (SSSR count). The van der Waals surface area contributed by atoms with Gasteiger partial charge in [-0.3, -0.25) is 0 Å². The molecule has 0 amide bonds. The lowest BCUT2D eigenvalue weighted by Crippen LogP contribution is -2.10. The van der Waals surface area contributed by atoms with Gasteiger partial charge >= 0.3 is 0 Å². The Morgan fingerprint density at radius 1 is 1.29 bits per heavy atom. The van der Waals surface area contributed by atoms with Gasteiger partial charge in [-0.1, -0.05) is 6.07 Å². The van der Waals surface area contributed by atoms with E-state index in [1.807, 2.05) is 0 Å². The van der Waals surface area contributed by atoms with Crippen LogP contribution in [0.15, 0.2) is 18.2 Å². The van der Waals surface area contributed by atoms with Crippen molar-refractivity contribution in [2.24, 2.45) is 5.92 Å². The minimum atomic E-state index is -0.765. The molecule has 1 aliphatic heterocycles. The zero-order valence-corrected chi connectivity index (χ0v) is 7.89. The predicted molar refractivity (Wildman–Crippen MR) is 51.0 cm³/mol. The van der Waals surface area contributed by atoms with Crippen molar-refractivity contribution in [1.29, 1.82) is 0 Å². The fraction of sp³-hybridized carbons (Fsp3) is 0.455. The van der Waals surface area contributed by atoms with Crippen molar-refractivity contribution in [2.75, 3.05) is 13.1 Å². The van der Waals surface area contributed by atoms with Crippen molar-refractivity contribution in [3.8, 4) is 0 Å². The highest BCUT2D eigenvalue weighted by Crippen LogP contribution is 2.16. The van der Waals surface area contributed by atoms with Gasteiger partial charge in [-0.2, -0.15) is 0 Å². The summed E-state index contributed by atoms with van der Waals surface area (Å²) in [6.07, 6.45) is 1.96. The summed E-state index contributed by atoms with van der Waals surface area (Å²) < 4.78 is 25.5. The maximum absolute atomic E-state index is 12.9. The minimum absolute atomic E-state index is 0.569. The Morgan fingerprint density at radius 2 is 2.14 bits per heavy atom. The molecule has 1 fully saturated rings. The normalized spacial score (nSPS) is 21.4. The highest BCUT2D eigenvalue weighted by atomic mass is 19.2. The fourth-order valence-corrected chi connectivity index (χ4v) is 1.89. The monoisotopic (exact) mass is 197 g/mol. The van der Waals surface area contributed by atoms with Crippen LogP contribution in [0.25, 0.3) is 0 Å². The molecular weight excluding hydrogens is 184 g/mol. The van der Waals surface area contributed by atoms with E-state index in [0.29, 0.717) is 5.92 Å². The van der Waals surface area contributed by atoms with Crippen molar-refractivity contribution in [2.45, 2.75) is 12.8 Å². The zero-order chi connectivity index (χ0) is 9.97. The van der Waals surface area contributed by atoms with Crippen LogP contribution in [0.5, 0.6) is 0 Å². The van der Waals surface area contributed by atoms with Crippen LogP contribution in [-0.2, 0) is 6.42 Å². The van der Waals surface area contributed by atoms with Crippen molar-refractivity contribution >= 4 is 0 Å². The first kappa shape index (κ1) is 9.59. The van der Waals surface area contributed by atoms with Crippen LogP contribution in [0.3, 0.4) is 0 Å². The third kappa shape index (κ3) is 2.10. The van der Waals surface area contributed by atoms with Crippen molar-refractivity contribution < 1.29 is 8.78 Å². The molecule has 76 valence electrons. The highest BCUT2D eigenvalue weighted by Gasteiger charge is 2.15. The molecule has 14 heavy (non-hydrogen) atoms. The van der Waals surface area contributed by atoms with E-state index >= 15 is 0 Å². The second kappa shape index (κ2) is 4.05. The molecule has 1 aliphatic rings. The van der Waals surface area contributed by atoms with Gasteiger partial charge in [-0.05, 0) is 49.5 Å². The maximum Gasteiger partial charge on any atom is 0.159 e. The van der Waals surface area contributed by atoms with E-state index in [9.17, 15) is 8.78 Å². The van der Waals surface area contributed by atoms with E-state index in [2.05, 4.69) is 5.32 Å². The second-order valence-corrected chi connectivity index (χ2v) is 3.81. The first-order chi connectivity index (χ1) is 6.75. The summed E-state index contributed by atoms with van der Waals surface area (Å²) in [6.45, 7) is 2.02. The zero-order valence-electron chi connectivity index (χ0n) is 7.89. The van der Waals surface area contributed by atoms with Crippen LogP contribution in [0, 0.1) is 17.6 Å². The lowest BCUT2D eigenvalue weighted by molar-refractivity contribution is 0.503. The van der Waals surface area contributed by atoms with E-state index in [4.69, 9.17) is 0 Å². The van der Waals surface area contributed by atoms with Crippen LogP contribution < -0.4 is 5.32 Å². The number of benzene rings is 1. The van der Waals surface area contributed by atoms with E-state index in [0.717, 1.165) is 31.5 Å². The quantitative estimate of drug-likeness (QED) is 0.765. The Bertz CT molecular complexity index is 319. The Hall–Kier alpha value is -0.960. The minimum Gasteiger partial charge on any atom is -0.316 e. The summed E-state index contributed by atoms with van der Waals surface area (Å²) in [6, 6.07) is 4.16. The molecule has 0 radical (unpaired) electrons. The summed E-state index contributed by atoms with van der Waals surface area (Å²) in [5, 5.41) is 3.25. The molecule has 1 heterocycles. The van der Waals surface area contributed by atoms with Gasteiger partial charge < -0.3 is 5.32 Å². The van der Waals surface area contributed by atoms with Gasteiger partial charge in [0.2, 0.25) is 0 Å². The molecule has 1 saturated heterocycles. The molecule has 0 spiro atoms.